The van der Waals surface area contributed by atoms with Crippen LogP contribution in [-0.2, 0) is 19.5 Å². The fourth-order valence-electron chi connectivity index (χ4n) is 2.91. The topological polar surface area (TPSA) is 53.4 Å². The van der Waals surface area contributed by atoms with E-state index in [1.807, 2.05) is 30.6 Å². The molecular formula is C17H18N2O2. The number of rotatable bonds is 3. The lowest BCUT2D eigenvalue weighted by molar-refractivity contribution is 0.0694. The molecule has 3 rings (SSSR count). The lowest BCUT2D eigenvalue weighted by Crippen LogP contribution is -2.31. The standard InChI is InChI=1S/C17H18N2O2/c1-12-5-7-18-9-14(12)11-19-8-6-15-13(10-19)3-2-4-16(15)17(20)21/h2-5,7,9H,6,8,10-11H2,1H3,(H,20,21). The number of pyridine rings is 1. The summed E-state index contributed by atoms with van der Waals surface area (Å²) in [6.45, 7) is 4.63. The summed E-state index contributed by atoms with van der Waals surface area (Å²) in [7, 11) is 0. The Morgan fingerprint density at radius 1 is 1.38 bits per heavy atom. The lowest BCUT2D eigenvalue weighted by atomic mass is 9.94. The van der Waals surface area contributed by atoms with Crippen molar-refractivity contribution >= 4 is 5.97 Å². The van der Waals surface area contributed by atoms with E-state index in [0.717, 1.165) is 37.2 Å². The van der Waals surface area contributed by atoms with Crippen molar-refractivity contribution in [1.29, 1.82) is 0 Å². The zero-order valence-corrected chi connectivity index (χ0v) is 12.0. The Kier molecular flexibility index (Phi) is 3.71. The molecule has 0 aliphatic carbocycles. The highest BCUT2D eigenvalue weighted by Crippen LogP contribution is 2.24. The number of carboxylic acids is 1. The van der Waals surface area contributed by atoms with Crippen LogP contribution in [0.1, 0.15) is 32.6 Å². The predicted octanol–water partition coefficient (Wildman–Crippen LogP) is 2.65. The van der Waals surface area contributed by atoms with Gasteiger partial charge >= 0.3 is 5.97 Å². The van der Waals surface area contributed by atoms with E-state index in [2.05, 4.69) is 16.8 Å². The van der Waals surface area contributed by atoms with Gasteiger partial charge in [0.1, 0.15) is 0 Å². The number of aromatic carboxylic acids is 1. The molecule has 4 heteroatoms. The summed E-state index contributed by atoms with van der Waals surface area (Å²) in [6, 6.07) is 7.59. The minimum atomic E-state index is -0.830. The smallest absolute Gasteiger partial charge is 0.335 e. The van der Waals surface area contributed by atoms with Crippen LogP contribution in [0.5, 0.6) is 0 Å². The van der Waals surface area contributed by atoms with Crippen LogP contribution < -0.4 is 0 Å². The van der Waals surface area contributed by atoms with E-state index in [4.69, 9.17) is 0 Å². The van der Waals surface area contributed by atoms with Crippen molar-refractivity contribution in [3.63, 3.8) is 0 Å². The van der Waals surface area contributed by atoms with Crippen LogP contribution in [0.3, 0.4) is 0 Å². The maximum Gasteiger partial charge on any atom is 0.335 e. The lowest BCUT2D eigenvalue weighted by Gasteiger charge is -2.29. The molecule has 0 fully saturated rings. The van der Waals surface area contributed by atoms with Crippen molar-refractivity contribution in [2.24, 2.45) is 0 Å². The van der Waals surface area contributed by atoms with E-state index in [1.54, 1.807) is 6.07 Å². The molecule has 0 atom stereocenters. The van der Waals surface area contributed by atoms with Gasteiger partial charge in [-0.05, 0) is 47.7 Å². The second kappa shape index (κ2) is 5.66. The number of hydrogen-bond acceptors (Lipinski definition) is 3. The van der Waals surface area contributed by atoms with E-state index in [9.17, 15) is 9.90 Å². The van der Waals surface area contributed by atoms with Gasteiger partial charge in [-0.1, -0.05) is 12.1 Å². The second-order valence-electron chi connectivity index (χ2n) is 5.51. The molecule has 21 heavy (non-hydrogen) atoms. The normalized spacial score (nSPS) is 14.7. The molecule has 0 radical (unpaired) electrons. The first-order valence-electron chi connectivity index (χ1n) is 7.11. The van der Waals surface area contributed by atoms with E-state index in [1.165, 1.54) is 11.1 Å². The van der Waals surface area contributed by atoms with Crippen molar-refractivity contribution < 1.29 is 9.90 Å². The number of aryl methyl sites for hydroxylation is 1. The molecule has 0 bridgehead atoms. The average Bonchev–Trinajstić information content (AvgIpc) is 2.48. The molecule has 2 aromatic rings. The molecule has 4 nitrogen and oxygen atoms in total. The summed E-state index contributed by atoms with van der Waals surface area (Å²) >= 11 is 0. The zero-order valence-electron chi connectivity index (χ0n) is 12.0. The van der Waals surface area contributed by atoms with Crippen LogP contribution in [-0.4, -0.2) is 27.5 Å². The van der Waals surface area contributed by atoms with Crippen molar-refractivity contribution in [2.45, 2.75) is 26.4 Å². The largest absolute Gasteiger partial charge is 0.478 e. The summed E-state index contributed by atoms with van der Waals surface area (Å²) in [6.07, 6.45) is 4.51. The highest BCUT2D eigenvalue weighted by Gasteiger charge is 2.21. The molecule has 1 aliphatic rings. The monoisotopic (exact) mass is 282 g/mol. The fourth-order valence-corrected chi connectivity index (χ4v) is 2.91. The third-order valence-electron chi connectivity index (χ3n) is 4.12. The maximum atomic E-state index is 11.3. The van der Waals surface area contributed by atoms with Crippen LogP contribution in [0.4, 0.5) is 0 Å². The highest BCUT2D eigenvalue weighted by atomic mass is 16.4. The quantitative estimate of drug-likeness (QED) is 0.940. The van der Waals surface area contributed by atoms with Crippen LogP contribution in [0, 0.1) is 6.92 Å². The number of aromatic nitrogens is 1. The molecule has 0 unspecified atom stereocenters. The molecule has 0 spiro atoms. The molecule has 1 aromatic carbocycles. The minimum Gasteiger partial charge on any atom is -0.478 e. The summed E-state index contributed by atoms with van der Waals surface area (Å²) < 4.78 is 0. The van der Waals surface area contributed by atoms with Gasteiger partial charge in [0, 0.05) is 32.0 Å². The van der Waals surface area contributed by atoms with Gasteiger partial charge in [0.05, 0.1) is 5.56 Å². The molecule has 1 aliphatic heterocycles. The Hall–Kier alpha value is -2.20. The molecule has 0 saturated carbocycles. The Morgan fingerprint density at radius 3 is 3.00 bits per heavy atom. The highest BCUT2D eigenvalue weighted by molar-refractivity contribution is 5.89. The Morgan fingerprint density at radius 2 is 2.24 bits per heavy atom. The zero-order chi connectivity index (χ0) is 14.8. The number of nitrogens with zero attached hydrogens (tertiary/aromatic N) is 2. The molecular weight excluding hydrogens is 264 g/mol. The maximum absolute atomic E-state index is 11.3. The van der Waals surface area contributed by atoms with Crippen LogP contribution in [0.2, 0.25) is 0 Å². The molecule has 2 heterocycles. The average molecular weight is 282 g/mol. The summed E-state index contributed by atoms with van der Waals surface area (Å²) in [4.78, 5) is 17.8. The van der Waals surface area contributed by atoms with Crippen molar-refractivity contribution in [1.82, 2.24) is 9.88 Å². The summed E-state index contributed by atoms with van der Waals surface area (Å²) in [5.74, 6) is -0.830. The molecule has 108 valence electrons. The third-order valence-corrected chi connectivity index (χ3v) is 4.12. The van der Waals surface area contributed by atoms with Gasteiger partial charge in [-0.15, -0.1) is 0 Å². The first kappa shape index (κ1) is 13.8. The van der Waals surface area contributed by atoms with Crippen LogP contribution >= 0.6 is 0 Å². The van der Waals surface area contributed by atoms with E-state index in [-0.39, 0.29) is 0 Å². The third kappa shape index (κ3) is 2.81. The minimum absolute atomic E-state index is 0.449. The van der Waals surface area contributed by atoms with Gasteiger partial charge in [-0.2, -0.15) is 0 Å². The van der Waals surface area contributed by atoms with Crippen molar-refractivity contribution in [3.05, 3.63) is 64.5 Å². The second-order valence-corrected chi connectivity index (χ2v) is 5.51. The molecule has 1 N–H and O–H groups in total. The molecule has 0 amide bonds. The Balaban J connectivity index is 1.81. The van der Waals surface area contributed by atoms with Gasteiger partial charge in [0.2, 0.25) is 0 Å². The van der Waals surface area contributed by atoms with Crippen molar-refractivity contribution in [2.75, 3.05) is 6.54 Å². The SMILES string of the molecule is Cc1ccncc1CN1CCc2c(cccc2C(=O)O)C1. The van der Waals surface area contributed by atoms with Gasteiger partial charge in [0.25, 0.3) is 0 Å². The summed E-state index contributed by atoms with van der Waals surface area (Å²) in [5.41, 5.74) is 5.04. The summed E-state index contributed by atoms with van der Waals surface area (Å²) in [5, 5.41) is 9.26. The number of benzene rings is 1. The van der Waals surface area contributed by atoms with Gasteiger partial charge < -0.3 is 5.11 Å². The number of hydrogen-bond donors (Lipinski definition) is 1. The van der Waals surface area contributed by atoms with E-state index < -0.39 is 5.97 Å². The first-order valence-corrected chi connectivity index (χ1v) is 7.11. The van der Waals surface area contributed by atoms with Gasteiger partial charge in [-0.3, -0.25) is 9.88 Å². The van der Waals surface area contributed by atoms with Crippen molar-refractivity contribution in [3.8, 4) is 0 Å². The number of fused-ring (bicyclic) bond motifs is 1. The first-order chi connectivity index (χ1) is 10.1. The van der Waals surface area contributed by atoms with E-state index >= 15 is 0 Å². The number of carboxylic acid groups (broad SMARTS) is 1. The van der Waals surface area contributed by atoms with Gasteiger partial charge in [0.15, 0.2) is 0 Å². The molecule has 0 saturated heterocycles. The Bertz CT molecular complexity index is 682. The van der Waals surface area contributed by atoms with Crippen LogP contribution in [0.25, 0.3) is 0 Å². The van der Waals surface area contributed by atoms with Gasteiger partial charge in [-0.25, -0.2) is 4.79 Å². The van der Waals surface area contributed by atoms with Crippen LogP contribution in [0.15, 0.2) is 36.7 Å². The van der Waals surface area contributed by atoms with E-state index in [0.29, 0.717) is 5.56 Å². The Labute approximate surface area is 124 Å². The number of carbonyl (C=O) groups is 1. The predicted molar refractivity (Wildman–Crippen MR) is 80.2 cm³/mol. The molecule has 1 aromatic heterocycles. The fraction of sp³-hybridized carbons (Fsp3) is 0.294.